The van der Waals surface area contributed by atoms with E-state index < -0.39 is 5.82 Å². The molecule has 2 aromatic rings. The molecule has 2 rings (SSSR count). The normalized spacial score (nSPS) is 9.93. The van der Waals surface area contributed by atoms with E-state index in [0.717, 1.165) is 11.8 Å². The van der Waals surface area contributed by atoms with Crippen molar-refractivity contribution < 1.29 is 9.18 Å². The van der Waals surface area contributed by atoms with Crippen LogP contribution in [0.5, 0.6) is 0 Å². The molecule has 0 N–H and O–H groups in total. The predicted octanol–water partition coefficient (Wildman–Crippen LogP) is 2.70. The molecule has 0 amide bonds. The van der Waals surface area contributed by atoms with Crippen LogP contribution in [0.4, 0.5) is 4.39 Å². The topological polar surface area (TPSA) is 30.0 Å². The van der Waals surface area contributed by atoms with Crippen LogP contribution in [0, 0.1) is 5.82 Å². The van der Waals surface area contributed by atoms with Crippen LogP contribution >= 0.6 is 0 Å². The van der Waals surface area contributed by atoms with Crippen LogP contribution in [0.25, 0.3) is 11.1 Å². The van der Waals surface area contributed by atoms with Gasteiger partial charge in [0.1, 0.15) is 11.5 Å². The van der Waals surface area contributed by atoms with Crippen LogP contribution in [-0.4, -0.2) is 11.3 Å². The summed E-state index contributed by atoms with van der Waals surface area (Å²) in [5.41, 5.74) is 1.36. The second-order valence-electron chi connectivity index (χ2n) is 3.07. The second-order valence-corrected chi connectivity index (χ2v) is 3.07. The van der Waals surface area contributed by atoms with E-state index in [4.69, 9.17) is 0 Å². The van der Waals surface area contributed by atoms with Crippen molar-refractivity contribution in [1.82, 2.24) is 4.98 Å². The zero-order valence-electron chi connectivity index (χ0n) is 7.85. The van der Waals surface area contributed by atoms with Crippen molar-refractivity contribution in [1.29, 1.82) is 0 Å². The van der Waals surface area contributed by atoms with Crippen molar-refractivity contribution in [2.45, 2.75) is 0 Å². The number of aldehydes is 1. The molecule has 0 radical (unpaired) electrons. The van der Waals surface area contributed by atoms with E-state index in [9.17, 15) is 9.18 Å². The largest absolute Gasteiger partial charge is 0.296 e. The lowest BCUT2D eigenvalue weighted by molar-refractivity contribution is 0.111. The number of aromatic nitrogens is 1. The van der Waals surface area contributed by atoms with Crippen molar-refractivity contribution in [2.75, 3.05) is 0 Å². The summed E-state index contributed by atoms with van der Waals surface area (Å²) < 4.78 is 13.4. The van der Waals surface area contributed by atoms with E-state index in [0.29, 0.717) is 11.8 Å². The highest BCUT2D eigenvalue weighted by Crippen LogP contribution is 2.21. The van der Waals surface area contributed by atoms with Gasteiger partial charge in [0.2, 0.25) is 0 Å². The number of carbonyl (C=O) groups is 1. The van der Waals surface area contributed by atoms with Crippen LogP contribution < -0.4 is 0 Å². The maximum atomic E-state index is 13.4. The third-order valence-corrected chi connectivity index (χ3v) is 2.08. The van der Waals surface area contributed by atoms with Gasteiger partial charge in [-0.3, -0.25) is 9.78 Å². The molecule has 1 heterocycles. The third-order valence-electron chi connectivity index (χ3n) is 2.08. The van der Waals surface area contributed by atoms with E-state index in [1.54, 1.807) is 12.1 Å². The molecule has 1 aromatic carbocycles. The average molecular weight is 201 g/mol. The summed E-state index contributed by atoms with van der Waals surface area (Å²) in [7, 11) is 0. The molecule has 0 atom stereocenters. The molecule has 0 spiro atoms. The lowest BCUT2D eigenvalue weighted by Gasteiger charge is -2.02. The molecule has 0 aliphatic heterocycles. The van der Waals surface area contributed by atoms with Gasteiger partial charge in [0.05, 0.1) is 6.20 Å². The number of hydrogen-bond acceptors (Lipinski definition) is 2. The van der Waals surface area contributed by atoms with Crippen LogP contribution in [0.3, 0.4) is 0 Å². The van der Waals surface area contributed by atoms with Gasteiger partial charge in [-0.25, -0.2) is 4.39 Å². The van der Waals surface area contributed by atoms with Gasteiger partial charge in [-0.1, -0.05) is 30.3 Å². The minimum absolute atomic E-state index is 0.232. The molecule has 0 fully saturated rings. The number of benzene rings is 1. The average Bonchev–Trinajstić information content (AvgIpc) is 2.31. The van der Waals surface area contributed by atoms with E-state index in [1.807, 2.05) is 18.2 Å². The Morgan fingerprint density at radius 2 is 1.93 bits per heavy atom. The Hall–Kier alpha value is -2.03. The fourth-order valence-corrected chi connectivity index (χ4v) is 1.36. The van der Waals surface area contributed by atoms with E-state index in [1.165, 1.54) is 6.07 Å². The maximum Gasteiger partial charge on any atom is 0.168 e. The number of halogens is 1. The first kappa shape index (κ1) is 9.52. The molecule has 0 saturated heterocycles. The monoisotopic (exact) mass is 201 g/mol. The summed E-state index contributed by atoms with van der Waals surface area (Å²) in [4.78, 5) is 14.2. The number of pyridine rings is 1. The SMILES string of the molecule is O=Cc1cc(-c2ccccc2)c(F)cn1. The summed E-state index contributed by atoms with van der Waals surface area (Å²) in [6.07, 6.45) is 1.66. The molecule has 0 saturated carbocycles. The first-order valence-electron chi connectivity index (χ1n) is 4.47. The van der Waals surface area contributed by atoms with Gasteiger partial charge in [-0.05, 0) is 11.6 Å². The fraction of sp³-hybridized carbons (Fsp3) is 0. The van der Waals surface area contributed by atoms with Gasteiger partial charge in [-0.2, -0.15) is 0 Å². The lowest BCUT2D eigenvalue weighted by atomic mass is 10.1. The quantitative estimate of drug-likeness (QED) is 0.699. The lowest BCUT2D eigenvalue weighted by Crippen LogP contribution is -1.91. The summed E-state index contributed by atoms with van der Waals surface area (Å²) in [5.74, 6) is -0.424. The Balaban J connectivity index is 2.57. The first-order chi connectivity index (χ1) is 7.31. The Morgan fingerprint density at radius 3 is 2.60 bits per heavy atom. The third kappa shape index (κ3) is 1.91. The maximum absolute atomic E-state index is 13.4. The highest BCUT2D eigenvalue weighted by Gasteiger charge is 2.06. The Bertz CT molecular complexity index is 482. The molecule has 15 heavy (non-hydrogen) atoms. The van der Waals surface area contributed by atoms with Gasteiger partial charge < -0.3 is 0 Å². The minimum Gasteiger partial charge on any atom is -0.296 e. The van der Waals surface area contributed by atoms with E-state index >= 15 is 0 Å². The first-order valence-corrected chi connectivity index (χ1v) is 4.47. The van der Waals surface area contributed by atoms with Crippen LogP contribution in [0.2, 0.25) is 0 Å². The van der Waals surface area contributed by atoms with Gasteiger partial charge >= 0.3 is 0 Å². The summed E-state index contributed by atoms with van der Waals surface area (Å²) in [6, 6.07) is 10.5. The second kappa shape index (κ2) is 4.00. The van der Waals surface area contributed by atoms with Gasteiger partial charge in [0, 0.05) is 5.56 Å². The molecular formula is C12H8FNO. The Morgan fingerprint density at radius 1 is 1.20 bits per heavy atom. The summed E-state index contributed by atoms with van der Waals surface area (Å²) in [5, 5.41) is 0. The molecule has 0 aliphatic rings. The zero-order valence-corrected chi connectivity index (χ0v) is 7.85. The minimum atomic E-state index is -0.424. The van der Waals surface area contributed by atoms with E-state index in [-0.39, 0.29) is 5.69 Å². The van der Waals surface area contributed by atoms with Crippen LogP contribution in [0.1, 0.15) is 10.5 Å². The zero-order chi connectivity index (χ0) is 10.7. The number of hydrogen-bond donors (Lipinski definition) is 0. The number of rotatable bonds is 2. The number of carbonyl (C=O) groups excluding carboxylic acids is 1. The van der Waals surface area contributed by atoms with E-state index in [2.05, 4.69) is 4.98 Å². The number of nitrogens with zero attached hydrogens (tertiary/aromatic N) is 1. The highest BCUT2D eigenvalue weighted by atomic mass is 19.1. The molecule has 74 valence electrons. The van der Waals surface area contributed by atoms with Crippen molar-refractivity contribution >= 4 is 6.29 Å². The van der Waals surface area contributed by atoms with Crippen LogP contribution in [0.15, 0.2) is 42.6 Å². The van der Waals surface area contributed by atoms with Crippen LogP contribution in [-0.2, 0) is 0 Å². The van der Waals surface area contributed by atoms with Crippen molar-refractivity contribution in [2.24, 2.45) is 0 Å². The van der Waals surface area contributed by atoms with Crippen molar-refractivity contribution in [3.8, 4) is 11.1 Å². The van der Waals surface area contributed by atoms with Gasteiger partial charge in [-0.15, -0.1) is 0 Å². The van der Waals surface area contributed by atoms with Gasteiger partial charge in [0.15, 0.2) is 6.29 Å². The smallest absolute Gasteiger partial charge is 0.168 e. The fourth-order valence-electron chi connectivity index (χ4n) is 1.36. The molecule has 0 unspecified atom stereocenters. The van der Waals surface area contributed by atoms with Crippen molar-refractivity contribution in [3.05, 3.63) is 54.1 Å². The standard InChI is InChI=1S/C12H8FNO/c13-12-7-14-10(8-15)6-11(12)9-4-2-1-3-5-9/h1-8H. The van der Waals surface area contributed by atoms with Gasteiger partial charge in [0.25, 0.3) is 0 Å². The molecule has 2 nitrogen and oxygen atoms in total. The molecule has 3 heteroatoms. The molecule has 1 aromatic heterocycles. The molecular weight excluding hydrogens is 193 g/mol. The summed E-state index contributed by atoms with van der Waals surface area (Å²) in [6.45, 7) is 0. The predicted molar refractivity (Wildman–Crippen MR) is 55.0 cm³/mol. The Labute approximate surface area is 86.4 Å². The molecule has 0 aliphatic carbocycles. The summed E-state index contributed by atoms with van der Waals surface area (Å²) >= 11 is 0. The molecule has 0 bridgehead atoms. The highest BCUT2D eigenvalue weighted by molar-refractivity contribution is 5.76. The van der Waals surface area contributed by atoms with Crippen molar-refractivity contribution in [3.63, 3.8) is 0 Å². The Kier molecular flexibility index (Phi) is 2.54.